The minimum absolute atomic E-state index is 0.0429. The Bertz CT molecular complexity index is 423. The number of nitrogens with two attached hydrogens (primary N) is 1. The predicted molar refractivity (Wildman–Crippen MR) is 76.0 cm³/mol. The molecule has 0 saturated carbocycles. The first-order valence-corrected chi connectivity index (χ1v) is 6.92. The normalized spacial score (nSPS) is 21.5. The first kappa shape index (κ1) is 14.3. The topological polar surface area (TPSA) is 38.5 Å². The summed E-state index contributed by atoms with van der Waals surface area (Å²) in [6, 6.07) is 5.22. The lowest BCUT2D eigenvalue weighted by Gasteiger charge is -2.35. The van der Waals surface area contributed by atoms with Crippen molar-refractivity contribution in [2.75, 3.05) is 25.1 Å². The van der Waals surface area contributed by atoms with E-state index in [1.807, 2.05) is 13.0 Å². The number of anilines is 1. The Morgan fingerprint density at radius 3 is 3.00 bits per heavy atom. The molecule has 0 radical (unpaired) electrons. The van der Waals surface area contributed by atoms with Crippen LogP contribution in [0, 0.1) is 5.82 Å². The van der Waals surface area contributed by atoms with Crippen LogP contribution in [-0.4, -0.2) is 32.3 Å². The molecule has 1 saturated heterocycles. The van der Waals surface area contributed by atoms with Gasteiger partial charge in [-0.2, -0.15) is 0 Å². The molecular weight excluding hydrogens is 243 g/mol. The fourth-order valence-electron chi connectivity index (χ4n) is 2.72. The molecule has 1 aromatic rings. The number of rotatable bonds is 4. The van der Waals surface area contributed by atoms with Crippen LogP contribution in [0.1, 0.15) is 25.3 Å². The third-order valence-corrected chi connectivity index (χ3v) is 3.67. The highest BCUT2D eigenvalue weighted by molar-refractivity contribution is 5.55. The van der Waals surface area contributed by atoms with Gasteiger partial charge in [-0.15, -0.1) is 0 Å². The highest BCUT2D eigenvalue weighted by atomic mass is 19.1. The number of piperidine rings is 1. The van der Waals surface area contributed by atoms with Crippen molar-refractivity contribution in [3.8, 4) is 0 Å². The molecule has 2 N–H and O–H groups in total. The third-order valence-electron chi connectivity index (χ3n) is 3.67. The van der Waals surface area contributed by atoms with E-state index in [1.54, 1.807) is 13.2 Å². The lowest BCUT2D eigenvalue weighted by Crippen LogP contribution is -2.40. The summed E-state index contributed by atoms with van der Waals surface area (Å²) in [4.78, 5) is 2.22. The van der Waals surface area contributed by atoms with Gasteiger partial charge in [-0.1, -0.05) is 6.07 Å². The molecule has 1 aliphatic rings. The molecule has 2 unspecified atom stereocenters. The monoisotopic (exact) mass is 266 g/mol. The maximum Gasteiger partial charge on any atom is 0.128 e. The van der Waals surface area contributed by atoms with E-state index in [2.05, 4.69) is 4.90 Å². The number of halogens is 1. The van der Waals surface area contributed by atoms with Crippen molar-refractivity contribution in [3.05, 3.63) is 29.6 Å². The van der Waals surface area contributed by atoms with Crippen LogP contribution in [0.15, 0.2) is 18.2 Å². The second-order valence-electron chi connectivity index (χ2n) is 5.36. The van der Waals surface area contributed by atoms with Gasteiger partial charge < -0.3 is 15.4 Å². The summed E-state index contributed by atoms with van der Waals surface area (Å²) >= 11 is 0. The summed E-state index contributed by atoms with van der Waals surface area (Å²) in [5, 5.41) is 0. The molecule has 0 bridgehead atoms. The highest BCUT2D eigenvalue weighted by Crippen LogP contribution is 2.27. The Hall–Kier alpha value is -1.13. The molecule has 1 aromatic carbocycles. The number of hydrogen-bond acceptors (Lipinski definition) is 3. The Morgan fingerprint density at radius 2 is 2.32 bits per heavy atom. The van der Waals surface area contributed by atoms with Gasteiger partial charge in [0.2, 0.25) is 0 Å². The van der Waals surface area contributed by atoms with Crippen LogP contribution in [0.3, 0.4) is 0 Å². The van der Waals surface area contributed by atoms with Crippen molar-refractivity contribution in [1.29, 1.82) is 0 Å². The number of ether oxygens (including phenoxy) is 1. The molecule has 0 amide bonds. The molecule has 1 heterocycles. The molecule has 19 heavy (non-hydrogen) atoms. The van der Waals surface area contributed by atoms with Crippen LogP contribution in [-0.2, 0) is 11.2 Å². The highest BCUT2D eigenvalue weighted by Gasteiger charge is 2.22. The van der Waals surface area contributed by atoms with E-state index in [4.69, 9.17) is 10.5 Å². The summed E-state index contributed by atoms with van der Waals surface area (Å²) in [5.74, 6) is -0.158. The predicted octanol–water partition coefficient (Wildman–Crippen LogP) is 2.33. The van der Waals surface area contributed by atoms with E-state index < -0.39 is 0 Å². The fraction of sp³-hybridized carbons (Fsp3) is 0.600. The average Bonchev–Trinajstić information content (AvgIpc) is 2.40. The molecule has 1 fully saturated rings. The van der Waals surface area contributed by atoms with Gasteiger partial charge in [-0.25, -0.2) is 4.39 Å². The van der Waals surface area contributed by atoms with Gasteiger partial charge in [-0.3, -0.25) is 0 Å². The molecular formula is C15H23FN2O. The average molecular weight is 266 g/mol. The molecule has 0 aliphatic carbocycles. The summed E-state index contributed by atoms with van der Waals surface area (Å²) in [6.07, 6.45) is 2.95. The van der Waals surface area contributed by atoms with Gasteiger partial charge in [0.25, 0.3) is 0 Å². The Balaban J connectivity index is 2.25. The number of nitrogens with zero attached hydrogens (tertiary/aromatic N) is 1. The van der Waals surface area contributed by atoms with Crippen LogP contribution in [0.5, 0.6) is 0 Å². The van der Waals surface area contributed by atoms with Crippen LogP contribution in [0.25, 0.3) is 0 Å². The SMILES string of the molecule is COC1CCCN(c2cccc(F)c2CC(C)N)C1. The van der Waals surface area contributed by atoms with Crippen LogP contribution >= 0.6 is 0 Å². The minimum Gasteiger partial charge on any atom is -0.380 e. The van der Waals surface area contributed by atoms with E-state index >= 15 is 0 Å². The van der Waals surface area contributed by atoms with Gasteiger partial charge >= 0.3 is 0 Å². The quantitative estimate of drug-likeness (QED) is 0.909. The largest absolute Gasteiger partial charge is 0.380 e. The van der Waals surface area contributed by atoms with E-state index in [1.165, 1.54) is 6.07 Å². The Kier molecular flexibility index (Phi) is 4.77. The van der Waals surface area contributed by atoms with Gasteiger partial charge in [0.1, 0.15) is 5.82 Å². The van der Waals surface area contributed by atoms with Gasteiger partial charge in [0, 0.05) is 37.5 Å². The summed E-state index contributed by atoms with van der Waals surface area (Å²) in [5.41, 5.74) is 7.54. The van der Waals surface area contributed by atoms with Crippen LogP contribution in [0.4, 0.5) is 10.1 Å². The van der Waals surface area contributed by atoms with Crippen LogP contribution < -0.4 is 10.6 Å². The standard InChI is InChI=1S/C15H23FN2O/c1-11(17)9-13-14(16)6-3-7-15(13)18-8-4-5-12(10-18)19-2/h3,6-7,11-12H,4-5,8-10,17H2,1-2H3. The smallest absolute Gasteiger partial charge is 0.128 e. The summed E-state index contributed by atoms with van der Waals surface area (Å²) in [6.45, 7) is 3.69. The van der Waals surface area contributed by atoms with Crippen molar-refractivity contribution in [2.45, 2.75) is 38.3 Å². The molecule has 0 spiro atoms. The maximum atomic E-state index is 14.0. The van der Waals surface area contributed by atoms with E-state index in [9.17, 15) is 4.39 Å². The lowest BCUT2D eigenvalue weighted by molar-refractivity contribution is 0.0893. The zero-order valence-electron chi connectivity index (χ0n) is 11.7. The molecule has 2 atom stereocenters. The fourth-order valence-corrected chi connectivity index (χ4v) is 2.72. The Labute approximate surface area is 114 Å². The molecule has 1 aliphatic heterocycles. The van der Waals surface area contributed by atoms with E-state index in [0.717, 1.165) is 37.2 Å². The summed E-state index contributed by atoms with van der Waals surface area (Å²) < 4.78 is 19.5. The van der Waals surface area contributed by atoms with E-state index in [-0.39, 0.29) is 18.0 Å². The Morgan fingerprint density at radius 1 is 1.53 bits per heavy atom. The lowest BCUT2D eigenvalue weighted by atomic mass is 10.0. The van der Waals surface area contributed by atoms with Crippen molar-refractivity contribution in [1.82, 2.24) is 0 Å². The molecule has 106 valence electrons. The second kappa shape index (κ2) is 6.35. The first-order chi connectivity index (χ1) is 9.11. The first-order valence-electron chi connectivity index (χ1n) is 6.92. The van der Waals surface area contributed by atoms with Gasteiger partial charge in [-0.05, 0) is 38.3 Å². The number of methoxy groups -OCH3 is 1. The van der Waals surface area contributed by atoms with Crippen LogP contribution in [0.2, 0.25) is 0 Å². The van der Waals surface area contributed by atoms with Crippen molar-refractivity contribution in [3.63, 3.8) is 0 Å². The third kappa shape index (κ3) is 3.45. The maximum absolute atomic E-state index is 14.0. The summed E-state index contributed by atoms with van der Waals surface area (Å²) in [7, 11) is 1.74. The number of benzene rings is 1. The molecule has 0 aromatic heterocycles. The van der Waals surface area contributed by atoms with Crippen molar-refractivity contribution < 1.29 is 9.13 Å². The number of hydrogen-bond donors (Lipinski definition) is 1. The van der Waals surface area contributed by atoms with Crippen molar-refractivity contribution in [2.24, 2.45) is 5.73 Å². The molecule has 2 rings (SSSR count). The zero-order chi connectivity index (χ0) is 13.8. The van der Waals surface area contributed by atoms with Gasteiger partial charge in [0.05, 0.1) is 6.10 Å². The molecule has 3 nitrogen and oxygen atoms in total. The zero-order valence-corrected chi connectivity index (χ0v) is 11.7. The van der Waals surface area contributed by atoms with Gasteiger partial charge in [0.15, 0.2) is 0 Å². The molecule has 4 heteroatoms. The van der Waals surface area contributed by atoms with E-state index in [0.29, 0.717) is 6.42 Å². The van der Waals surface area contributed by atoms with Crippen molar-refractivity contribution >= 4 is 5.69 Å². The second-order valence-corrected chi connectivity index (χ2v) is 5.36. The minimum atomic E-state index is -0.158.